The largest absolute Gasteiger partial charge is 0.369 e. The number of nitrogens with two attached hydrogens (primary N) is 1. The zero-order valence-corrected chi connectivity index (χ0v) is 9.48. The van der Waals surface area contributed by atoms with Crippen molar-refractivity contribution in [2.45, 2.75) is 26.2 Å². The third kappa shape index (κ3) is 3.85. The number of ketones is 1. The molecule has 0 saturated carbocycles. The molecule has 0 aliphatic rings. The Morgan fingerprint density at radius 3 is 2.38 bits per heavy atom. The van der Waals surface area contributed by atoms with E-state index in [1.807, 2.05) is 30.3 Å². The predicted molar refractivity (Wildman–Crippen MR) is 62.7 cm³/mol. The van der Waals surface area contributed by atoms with Crippen molar-refractivity contribution in [1.29, 1.82) is 0 Å². The summed E-state index contributed by atoms with van der Waals surface area (Å²) in [6.45, 7) is 1.41. The van der Waals surface area contributed by atoms with Crippen LogP contribution in [0, 0.1) is 5.92 Å². The predicted octanol–water partition coefficient (Wildman–Crippen LogP) is 1.70. The summed E-state index contributed by atoms with van der Waals surface area (Å²) in [5.41, 5.74) is 6.37. The van der Waals surface area contributed by atoms with Crippen LogP contribution in [-0.2, 0) is 16.0 Å². The molecule has 0 aliphatic heterocycles. The summed E-state index contributed by atoms with van der Waals surface area (Å²) >= 11 is 0. The SMILES string of the molecule is CC(=O)C(CCCc1ccccc1)C(N)=O. The quantitative estimate of drug-likeness (QED) is 0.740. The van der Waals surface area contributed by atoms with E-state index in [1.54, 1.807) is 0 Å². The van der Waals surface area contributed by atoms with Crippen LogP contribution in [0.25, 0.3) is 0 Å². The molecule has 1 rings (SSSR count). The monoisotopic (exact) mass is 219 g/mol. The lowest BCUT2D eigenvalue weighted by molar-refractivity contribution is -0.131. The van der Waals surface area contributed by atoms with E-state index in [0.29, 0.717) is 6.42 Å². The molecule has 1 amide bonds. The van der Waals surface area contributed by atoms with E-state index in [0.717, 1.165) is 12.8 Å². The second-order valence-corrected chi connectivity index (χ2v) is 3.94. The summed E-state index contributed by atoms with van der Waals surface area (Å²) in [6.07, 6.45) is 2.22. The second-order valence-electron chi connectivity index (χ2n) is 3.94. The van der Waals surface area contributed by atoms with E-state index in [1.165, 1.54) is 12.5 Å². The first-order valence-electron chi connectivity index (χ1n) is 5.45. The zero-order valence-electron chi connectivity index (χ0n) is 9.48. The number of hydrogen-bond acceptors (Lipinski definition) is 2. The summed E-state index contributed by atoms with van der Waals surface area (Å²) in [5, 5.41) is 0. The topological polar surface area (TPSA) is 60.2 Å². The molecule has 1 aromatic rings. The van der Waals surface area contributed by atoms with Crippen LogP contribution < -0.4 is 5.73 Å². The minimum atomic E-state index is -0.622. The van der Waals surface area contributed by atoms with Crippen molar-refractivity contribution in [3.8, 4) is 0 Å². The van der Waals surface area contributed by atoms with E-state index in [2.05, 4.69) is 0 Å². The van der Waals surface area contributed by atoms with E-state index >= 15 is 0 Å². The molecular formula is C13H17NO2. The molecule has 0 saturated heterocycles. The van der Waals surface area contributed by atoms with Crippen LogP contribution in [0.4, 0.5) is 0 Å². The molecule has 86 valence electrons. The summed E-state index contributed by atoms with van der Waals surface area (Å²) in [5.74, 6) is -1.27. The Morgan fingerprint density at radius 2 is 1.88 bits per heavy atom. The summed E-state index contributed by atoms with van der Waals surface area (Å²) < 4.78 is 0. The molecule has 0 fully saturated rings. The molecule has 0 spiro atoms. The summed E-state index contributed by atoms with van der Waals surface area (Å²) in [6, 6.07) is 9.99. The molecule has 3 heteroatoms. The van der Waals surface area contributed by atoms with E-state index in [4.69, 9.17) is 5.73 Å². The summed E-state index contributed by atoms with van der Waals surface area (Å²) in [4.78, 5) is 22.1. The van der Waals surface area contributed by atoms with Gasteiger partial charge in [0.2, 0.25) is 5.91 Å². The van der Waals surface area contributed by atoms with Gasteiger partial charge in [-0.05, 0) is 31.7 Å². The maximum atomic E-state index is 11.1. The molecule has 0 aliphatic carbocycles. The Hall–Kier alpha value is -1.64. The van der Waals surface area contributed by atoms with Gasteiger partial charge in [0.25, 0.3) is 0 Å². The molecule has 2 N–H and O–H groups in total. The van der Waals surface area contributed by atoms with E-state index < -0.39 is 11.8 Å². The Morgan fingerprint density at radius 1 is 1.25 bits per heavy atom. The van der Waals surface area contributed by atoms with Crippen molar-refractivity contribution < 1.29 is 9.59 Å². The van der Waals surface area contributed by atoms with Gasteiger partial charge in [0, 0.05) is 0 Å². The molecule has 16 heavy (non-hydrogen) atoms. The lowest BCUT2D eigenvalue weighted by Crippen LogP contribution is -2.28. The minimum Gasteiger partial charge on any atom is -0.369 e. The molecule has 1 unspecified atom stereocenters. The molecule has 0 aromatic heterocycles. The Kier molecular flexibility index (Phi) is 4.70. The van der Waals surface area contributed by atoms with Crippen molar-refractivity contribution in [2.24, 2.45) is 11.7 Å². The molecule has 0 heterocycles. The highest BCUT2D eigenvalue weighted by atomic mass is 16.2. The molecular weight excluding hydrogens is 202 g/mol. The fourth-order valence-electron chi connectivity index (χ4n) is 1.70. The van der Waals surface area contributed by atoms with Crippen LogP contribution in [0.5, 0.6) is 0 Å². The third-order valence-corrected chi connectivity index (χ3v) is 2.64. The number of hydrogen-bond donors (Lipinski definition) is 1. The van der Waals surface area contributed by atoms with Crippen LogP contribution in [0.3, 0.4) is 0 Å². The van der Waals surface area contributed by atoms with Gasteiger partial charge in [0.15, 0.2) is 0 Å². The maximum Gasteiger partial charge on any atom is 0.227 e. The highest BCUT2D eigenvalue weighted by Crippen LogP contribution is 2.11. The van der Waals surface area contributed by atoms with Crippen molar-refractivity contribution in [3.05, 3.63) is 35.9 Å². The lowest BCUT2D eigenvalue weighted by Gasteiger charge is -2.09. The number of benzene rings is 1. The Bertz CT molecular complexity index is 345. The molecule has 1 atom stereocenters. The van der Waals surface area contributed by atoms with E-state index in [-0.39, 0.29) is 5.78 Å². The van der Waals surface area contributed by atoms with Crippen molar-refractivity contribution in [1.82, 2.24) is 0 Å². The molecule has 0 bridgehead atoms. The lowest BCUT2D eigenvalue weighted by atomic mass is 9.96. The highest BCUT2D eigenvalue weighted by molar-refractivity contribution is 5.99. The van der Waals surface area contributed by atoms with Crippen molar-refractivity contribution >= 4 is 11.7 Å². The smallest absolute Gasteiger partial charge is 0.227 e. The fourth-order valence-corrected chi connectivity index (χ4v) is 1.70. The van der Waals surface area contributed by atoms with Crippen molar-refractivity contribution in [3.63, 3.8) is 0 Å². The molecule has 3 nitrogen and oxygen atoms in total. The van der Waals surface area contributed by atoms with Gasteiger partial charge in [0.05, 0.1) is 5.92 Å². The average Bonchev–Trinajstić information content (AvgIpc) is 2.24. The first-order valence-corrected chi connectivity index (χ1v) is 5.45. The third-order valence-electron chi connectivity index (χ3n) is 2.64. The van der Waals surface area contributed by atoms with Gasteiger partial charge in [0.1, 0.15) is 5.78 Å². The first kappa shape index (κ1) is 12.4. The summed E-state index contributed by atoms with van der Waals surface area (Å²) in [7, 11) is 0. The first-order chi connectivity index (χ1) is 7.61. The number of carbonyl (C=O) groups is 2. The van der Waals surface area contributed by atoms with Gasteiger partial charge in [-0.15, -0.1) is 0 Å². The molecule has 0 radical (unpaired) electrons. The van der Waals surface area contributed by atoms with Gasteiger partial charge in [-0.2, -0.15) is 0 Å². The van der Waals surface area contributed by atoms with Gasteiger partial charge in [-0.1, -0.05) is 30.3 Å². The number of amides is 1. The number of primary amides is 1. The fraction of sp³-hybridized carbons (Fsp3) is 0.385. The van der Waals surface area contributed by atoms with Gasteiger partial charge >= 0.3 is 0 Å². The number of carbonyl (C=O) groups excluding carboxylic acids is 2. The second kappa shape index (κ2) is 6.05. The zero-order chi connectivity index (χ0) is 12.0. The van der Waals surface area contributed by atoms with Gasteiger partial charge in [-0.3, -0.25) is 9.59 Å². The molecule has 1 aromatic carbocycles. The van der Waals surface area contributed by atoms with Gasteiger partial charge in [-0.25, -0.2) is 0 Å². The number of aryl methyl sites for hydroxylation is 1. The van der Waals surface area contributed by atoms with Crippen LogP contribution in [-0.4, -0.2) is 11.7 Å². The van der Waals surface area contributed by atoms with Crippen LogP contribution in [0.1, 0.15) is 25.3 Å². The van der Waals surface area contributed by atoms with Gasteiger partial charge < -0.3 is 5.73 Å². The number of rotatable bonds is 6. The van der Waals surface area contributed by atoms with E-state index in [9.17, 15) is 9.59 Å². The average molecular weight is 219 g/mol. The maximum absolute atomic E-state index is 11.1. The normalized spacial score (nSPS) is 12.1. The number of Topliss-reactive ketones (excluding diaryl/α,β-unsaturated/α-hetero) is 1. The van der Waals surface area contributed by atoms with Crippen LogP contribution in [0.15, 0.2) is 30.3 Å². The van der Waals surface area contributed by atoms with Crippen LogP contribution >= 0.6 is 0 Å². The Balaban J connectivity index is 2.40. The standard InChI is InChI=1S/C13H17NO2/c1-10(15)12(13(14)16)9-5-8-11-6-3-2-4-7-11/h2-4,6-7,12H,5,8-9H2,1H3,(H2,14,16). The highest BCUT2D eigenvalue weighted by Gasteiger charge is 2.19. The van der Waals surface area contributed by atoms with Crippen LogP contribution in [0.2, 0.25) is 0 Å². The Labute approximate surface area is 95.6 Å². The minimum absolute atomic E-state index is 0.138. The van der Waals surface area contributed by atoms with Crippen molar-refractivity contribution in [2.75, 3.05) is 0 Å².